The molecule has 3 amide bonds. The average molecular weight is 390 g/mol. The van der Waals surface area contributed by atoms with E-state index >= 15 is 0 Å². The second kappa shape index (κ2) is 8.18. The normalized spacial score (nSPS) is 16.2. The van der Waals surface area contributed by atoms with Crippen LogP contribution >= 0.6 is 11.6 Å². The Morgan fingerprint density at radius 1 is 1.15 bits per heavy atom. The molecule has 142 valence electrons. The van der Waals surface area contributed by atoms with E-state index in [0.717, 1.165) is 0 Å². The number of rotatable bonds is 5. The molecule has 2 aromatic carbocycles. The van der Waals surface area contributed by atoms with E-state index in [-0.39, 0.29) is 18.4 Å². The van der Waals surface area contributed by atoms with Crippen LogP contribution in [-0.4, -0.2) is 38.7 Å². The SMILES string of the molecule is COc1ccc(N2C[C@H](NC(=O)Nc3ccccc3Cl)CC2=O)cc1OC. The lowest BCUT2D eigenvalue weighted by atomic mass is 10.2. The van der Waals surface area contributed by atoms with Gasteiger partial charge in [-0.2, -0.15) is 0 Å². The predicted molar refractivity (Wildman–Crippen MR) is 104 cm³/mol. The summed E-state index contributed by atoms with van der Waals surface area (Å²) in [6.45, 7) is 0.365. The number of amides is 3. The maximum Gasteiger partial charge on any atom is 0.319 e. The van der Waals surface area contributed by atoms with Crippen molar-refractivity contribution in [1.29, 1.82) is 0 Å². The fraction of sp³-hybridized carbons (Fsp3) is 0.263. The van der Waals surface area contributed by atoms with Crippen LogP contribution in [-0.2, 0) is 4.79 Å². The second-order valence-electron chi connectivity index (χ2n) is 6.02. The number of urea groups is 1. The van der Waals surface area contributed by atoms with E-state index in [2.05, 4.69) is 10.6 Å². The van der Waals surface area contributed by atoms with Gasteiger partial charge in [-0.05, 0) is 24.3 Å². The predicted octanol–water partition coefficient (Wildman–Crippen LogP) is 3.28. The third-order valence-electron chi connectivity index (χ3n) is 4.26. The number of ether oxygens (including phenoxy) is 2. The van der Waals surface area contributed by atoms with Gasteiger partial charge < -0.3 is 25.0 Å². The van der Waals surface area contributed by atoms with Crippen molar-refractivity contribution in [3.05, 3.63) is 47.5 Å². The molecule has 1 aliphatic rings. The van der Waals surface area contributed by atoms with Crippen LogP contribution in [0.3, 0.4) is 0 Å². The molecule has 1 saturated heterocycles. The number of carbonyl (C=O) groups excluding carboxylic acids is 2. The van der Waals surface area contributed by atoms with Gasteiger partial charge in [0.1, 0.15) is 0 Å². The van der Waals surface area contributed by atoms with Crippen molar-refractivity contribution in [2.45, 2.75) is 12.5 Å². The third kappa shape index (κ3) is 4.25. The van der Waals surface area contributed by atoms with Crippen molar-refractivity contribution in [3.8, 4) is 11.5 Å². The average Bonchev–Trinajstić information content (AvgIpc) is 3.03. The van der Waals surface area contributed by atoms with Gasteiger partial charge in [0.15, 0.2) is 11.5 Å². The van der Waals surface area contributed by atoms with E-state index in [1.54, 1.807) is 54.5 Å². The highest BCUT2D eigenvalue weighted by Gasteiger charge is 2.32. The summed E-state index contributed by atoms with van der Waals surface area (Å²) in [5, 5.41) is 5.95. The molecule has 7 nitrogen and oxygen atoms in total. The molecule has 2 aromatic rings. The Bertz CT molecular complexity index is 859. The molecule has 1 atom stereocenters. The highest BCUT2D eigenvalue weighted by Crippen LogP contribution is 2.33. The molecule has 1 aliphatic heterocycles. The Hall–Kier alpha value is -2.93. The van der Waals surface area contributed by atoms with Gasteiger partial charge in [-0.1, -0.05) is 23.7 Å². The molecular weight excluding hydrogens is 370 g/mol. The molecule has 3 rings (SSSR count). The summed E-state index contributed by atoms with van der Waals surface area (Å²) in [5.41, 5.74) is 1.20. The fourth-order valence-corrected chi connectivity index (χ4v) is 3.14. The number of para-hydroxylation sites is 1. The Morgan fingerprint density at radius 3 is 2.59 bits per heavy atom. The highest BCUT2D eigenvalue weighted by atomic mass is 35.5. The lowest BCUT2D eigenvalue weighted by molar-refractivity contribution is -0.117. The van der Waals surface area contributed by atoms with Gasteiger partial charge in [-0.3, -0.25) is 4.79 Å². The first kappa shape index (κ1) is 18.8. The summed E-state index contributed by atoms with van der Waals surface area (Å²) in [6.07, 6.45) is 0.213. The quantitative estimate of drug-likeness (QED) is 0.822. The van der Waals surface area contributed by atoms with Gasteiger partial charge in [0, 0.05) is 24.7 Å². The maximum atomic E-state index is 12.4. The first-order valence-electron chi connectivity index (χ1n) is 8.36. The van der Waals surface area contributed by atoms with Crippen molar-refractivity contribution in [1.82, 2.24) is 5.32 Å². The zero-order chi connectivity index (χ0) is 19.4. The molecule has 0 radical (unpaired) electrons. The van der Waals surface area contributed by atoms with Gasteiger partial charge in [-0.25, -0.2) is 4.79 Å². The number of hydrogen-bond acceptors (Lipinski definition) is 4. The Kier molecular flexibility index (Phi) is 5.71. The topological polar surface area (TPSA) is 79.9 Å². The minimum Gasteiger partial charge on any atom is -0.493 e. The van der Waals surface area contributed by atoms with Gasteiger partial charge in [0.05, 0.1) is 31.0 Å². The molecule has 0 saturated carbocycles. The maximum absolute atomic E-state index is 12.4. The molecule has 27 heavy (non-hydrogen) atoms. The number of anilines is 2. The van der Waals surface area contributed by atoms with Crippen molar-refractivity contribution in [2.75, 3.05) is 31.0 Å². The number of hydrogen-bond donors (Lipinski definition) is 2. The Morgan fingerprint density at radius 2 is 1.89 bits per heavy atom. The standard InChI is InChI=1S/C19H20ClN3O4/c1-26-16-8-7-13(10-17(16)27-2)23-11-12(9-18(23)24)21-19(25)22-15-6-4-3-5-14(15)20/h3-8,10,12H,9,11H2,1-2H3,(H2,21,22,25)/t12-/m1/s1. The minimum atomic E-state index is -0.407. The Balaban J connectivity index is 1.65. The van der Waals surface area contributed by atoms with Crippen molar-refractivity contribution in [3.63, 3.8) is 0 Å². The summed E-state index contributed by atoms with van der Waals surface area (Å²) in [4.78, 5) is 26.2. The van der Waals surface area contributed by atoms with Crippen LogP contribution in [0.15, 0.2) is 42.5 Å². The molecule has 0 unspecified atom stereocenters. The molecule has 2 N–H and O–H groups in total. The zero-order valence-electron chi connectivity index (χ0n) is 15.0. The molecule has 1 fully saturated rings. The molecular formula is C19H20ClN3O4. The minimum absolute atomic E-state index is 0.0785. The van der Waals surface area contributed by atoms with E-state index in [0.29, 0.717) is 34.4 Å². The first-order chi connectivity index (χ1) is 13.0. The smallest absolute Gasteiger partial charge is 0.319 e. The van der Waals surface area contributed by atoms with Crippen LogP contribution in [0.2, 0.25) is 5.02 Å². The van der Waals surface area contributed by atoms with Crippen LogP contribution in [0, 0.1) is 0 Å². The van der Waals surface area contributed by atoms with Crippen molar-refractivity contribution >= 4 is 34.9 Å². The number of carbonyl (C=O) groups is 2. The molecule has 0 bridgehead atoms. The van der Waals surface area contributed by atoms with Gasteiger partial charge >= 0.3 is 6.03 Å². The van der Waals surface area contributed by atoms with Crippen LogP contribution in [0.1, 0.15) is 6.42 Å². The molecule has 1 heterocycles. The number of methoxy groups -OCH3 is 2. The van der Waals surface area contributed by atoms with Gasteiger partial charge in [-0.15, -0.1) is 0 Å². The summed E-state index contributed by atoms with van der Waals surface area (Å²) in [6, 6.07) is 11.5. The summed E-state index contributed by atoms with van der Waals surface area (Å²) >= 11 is 6.04. The number of nitrogens with one attached hydrogen (secondary N) is 2. The monoisotopic (exact) mass is 389 g/mol. The lowest BCUT2D eigenvalue weighted by Crippen LogP contribution is -2.39. The van der Waals surface area contributed by atoms with E-state index < -0.39 is 6.03 Å². The lowest BCUT2D eigenvalue weighted by Gasteiger charge is -2.19. The number of halogens is 1. The van der Waals surface area contributed by atoms with Gasteiger partial charge in [0.2, 0.25) is 5.91 Å². The largest absolute Gasteiger partial charge is 0.493 e. The van der Waals surface area contributed by atoms with E-state index in [1.165, 1.54) is 7.11 Å². The van der Waals surface area contributed by atoms with Crippen LogP contribution in [0.25, 0.3) is 0 Å². The van der Waals surface area contributed by atoms with Crippen LogP contribution < -0.4 is 25.0 Å². The summed E-state index contributed by atoms with van der Waals surface area (Å²) in [7, 11) is 3.09. The second-order valence-corrected chi connectivity index (χ2v) is 6.43. The molecule has 0 aliphatic carbocycles. The first-order valence-corrected chi connectivity index (χ1v) is 8.74. The van der Waals surface area contributed by atoms with Gasteiger partial charge in [0.25, 0.3) is 0 Å². The summed E-state index contributed by atoms with van der Waals surface area (Å²) in [5.74, 6) is 1.04. The molecule has 0 aromatic heterocycles. The third-order valence-corrected chi connectivity index (χ3v) is 4.59. The Labute approximate surface area is 162 Å². The highest BCUT2D eigenvalue weighted by molar-refractivity contribution is 6.33. The van der Waals surface area contributed by atoms with E-state index in [9.17, 15) is 9.59 Å². The van der Waals surface area contributed by atoms with Crippen LogP contribution in [0.5, 0.6) is 11.5 Å². The molecule has 8 heteroatoms. The number of benzene rings is 2. The van der Waals surface area contributed by atoms with E-state index in [4.69, 9.17) is 21.1 Å². The zero-order valence-corrected chi connectivity index (χ0v) is 15.7. The van der Waals surface area contributed by atoms with Crippen LogP contribution in [0.4, 0.5) is 16.2 Å². The molecule has 0 spiro atoms. The van der Waals surface area contributed by atoms with Crippen molar-refractivity contribution in [2.24, 2.45) is 0 Å². The summed E-state index contributed by atoms with van der Waals surface area (Å²) < 4.78 is 10.5. The van der Waals surface area contributed by atoms with Crippen molar-refractivity contribution < 1.29 is 19.1 Å². The van der Waals surface area contributed by atoms with E-state index in [1.807, 2.05) is 0 Å². The fourth-order valence-electron chi connectivity index (χ4n) is 2.95. The number of nitrogens with zero attached hydrogens (tertiary/aromatic N) is 1.